The van der Waals surface area contributed by atoms with Crippen molar-refractivity contribution in [2.45, 2.75) is 25.4 Å². The van der Waals surface area contributed by atoms with E-state index < -0.39 is 5.60 Å². The van der Waals surface area contributed by atoms with Gasteiger partial charge in [-0.05, 0) is 49.6 Å². The van der Waals surface area contributed by atoms with Crippen molar-refractivity contribution < 1.29 is 14.1 Å². The van der Waals surface area contributed by atoms with E-state index in [0.29, 0.717) is 35.6 Å². The number of likely N-dealkylation sites (tertiary alicyclic amines) is 1. The molecule has 0 spiro atoms. The van der Waals surface area contributed by atoms with Crippen LogP contribution in [0.15, 0.2) is 46.3 Å². The maximum Gasteiger partial charge on any atom is 0.266 e. The lowest BCUT2D eigenvalue weighted by Crippen LogP contribution is -2.57. The number of ether oxygens (including phenoxy) is 1. The molecule has 0 saturated carbocycles. The summed E-state index contributed by atoms with van der Waals surface area (Å²) in [4.78, 5) is 20.0. The zero-order chi connectivity index (χ0) is 19.0. The molecule has 6 nitrogen and oxygen atoms in total. The predicted molar refractivity (Wildman–Crippen MR) is 103 cm³/mol. The first-order valence-electron chi connectivity index (χ1n) is 8.54. The van der Waals surface area contributed by atoms with E-state index in [1.807, 2.05) is 17.5 Å². The Balaban J connectivity index is 1.37. The molecule has 8 heteroatoms. The minimum atomic E-state index is -0.976. The first-order chi connectivity index (χ1) is 12.9. The minimum Gasteiger partial charge on any atom is -0.478 e. The maximum atomic E-state index is 12.8. The van der Waals surface area contributed by atoms with Gasteiger partial charge in [-0.15, -0.1) is 11.3 Å². The lowest BCUT2D eigenvalue weighted by Gasteiger charge is -2.41. The highest BCUT2D eigenvalue weighted by Gasteiger charge is 2.42. The van der Waals surface area contributed by atoms with E-state index in [0.717, 1.165) is 4.88 Å². The number of aromatic nitrogens is 2. The Morgan fingerprint density at radius 1 is 1.30 bits per heavy atom. The van der Waals surface area contributed by atoms with Crippen LogP contribution in [0.2, 0.25) is 5.02 Å². The second-order valence-electron chi connectivity index (χ2n) is 6.91. The minimum absolute atomic E-state index is 0.0569. The highest BCUT2D eigenvalue weighted by atomic mass is 35.5. The molecule has 27 heavy (non-hydrogen) atoms. The lowest BCUT2D eigenvalue weighted by molar-refractivity contribution is -0.150. The van der Waals surface area contributed by atoms with E-state index in [4.69, 9.17) is 20.9 Å². The van der Waals surface area contributed by atoms with Gasteiger partial charge in [0.25, 0.3) is 5.91 Å². The van der Waals surface area contributed by atoms with Gasteiger partial charge in [0.15, 0.2) is 5.60 Å². The predicted octanol–water partition coefficient (Wildman–Crippen LogP) is 4.23. The third kappa shape index (κ3) is 3.70. The van der Waals surface area contributed by atoms with Crippen molar-refractivity contribution in [3.05, 3.63) is 52.7 Å². The van der Waals surface area contributed by atoms with E-state index in [2.05, 4.69) is 10.1 Å². The number of halogens is 1. The normalized spacial score (nSPS) is 14.9. The SMILES string of the molecule is CC(C)(Oc1ccc(Cl)cc1)C(=O)N1CC(c2nc(-c3cccs3)no2)C1. The zero-order valence-corrected chi connectivity index (χ0v) is 16.5. The molecule has 2 aromatic heterocycles. The quantitative estimate of drug-likeness (QED) is 0.637. The average Bonchev–Trinajstić information content (AvgIpc) is 3.26. The van der Waals surface area contributed by atoms with E-state index >= 15 is 0 Å². The topological polar surface area (TPSA) is 68.5 Å². The van der Waals surface area contributed by atoms with Crippen LogP contribution in [0.25, 0.3) is 10.7 Å². The largest absolute Gasteiger partial charge is 0.478 e. The summed E-state index contributed by atoms with van der Waals surface area (Å²) in [6, 6.07) is 10.9. The molecule has 1 fully saturated rings. The summed E-state index contributed by atoms with van der Waals surface area (Å²) in [5, 5.41) is 6.62. The second-order valence-corrected chi connectivity index (χ2v) is 8.29. The van der Waals surface area contributed by atoms with Gasteiger partial charge >= 0.3 is 0 Å². The van der Waals surface area contributed by atoms with Gasteiger partial charge in [0.05, 0.1) is 10.8 Å². The van der Waals surface area contributed by atoms with Gasteiger partial charge in [-0.3, -0.25) is 4.79 Å². The maximum absolute atomic E-state index is 12.8. The van der Waals surface area contributed by atoms with Crippen LogP contribution in [0, 0.1) is 0 Å². The van der Waals surface area contributed by atoms with Gasteiger partial charge in [0.2, 0.25) is 11.7 Å². The van der Waals surface area contributed by atoms with Gasteiger partial charge in [0.1, 0.15) is 5.75 Å². The summed E-state index contributed by atoms with van der Waals surface area (Å²) in [7, 11) is 0. The van der Waals surface area contributed by atoms with Gasteiger partial charge in [-0.25, -0.2) is 0 Å². The second kappa shape index (κ2) is 6.98. The van der Waals surface area contributed by atoms with Gasteiger partial charge in [-0.2, -0.15) is 4.98 Å². The van der Waals surface area contributed by atoms with Gasteiger partial charge in [0, 0.05) is 18.1 Å². The Labute approximate surface area is 165 Å². The van der Waals surface area contributed by atoms with E-state index in [1.54, 1.807) is 54.3 Å². The molecule has 140 valence electrons. The third-order valence-corrected chi connectivity index (χ3v) is 5.52. The summed E-state index contributed by atoms with van der Waals surface area (Å²) in [5.41, 5.74) is -0.976. The molecule has 1 aromatic carbocycles. The van der Waals surface area contributed by atoms with Crippen LogP contribution < -0.4 is 4.74 Å². The van der Waals surface area contributed by atoms with E-state index in [-0.39, 0.29) is 11.8 Å². The Morgan fingerprint density at radius 2 is 2.04 bits per heavy atom. The van der Waals surface area contributed by atoms with Crippen LogP contribution in [0.1, 0.15) is 25.7 Å². The molecule has 1 aliphatic rings. The molecule has 3 heterocycles. The number of hydrogen-bond acceptors (Lipinski definition) is 6. The highest BCUT2D eigenvalue weighted by Crippen LogP contribution is 2.31. The molecule has 4 rings (SSSR count). The highest BCUT2D eigenvalue weighted by molar-refractivity contribution is 7.13. The molecule has 0 aliphatic carbocycles. The van der Waals surface area contributed by atoms with Gasteiger partial charge < -0.3 is 14.2 Å². The van der Waals surface area contributed by atoms with Crippen LogP contribution in [0.3, 0.4) is 0 Å². The number of thiophene rings is 1. The lowest BCUT2D eigenvalue weighted by atomic mass is 9.96. The van der Waals surface area contributed by atoms with Crippen molar-refractivity contribution >= 4 is 28.8 Å². The molecule has 1 amide bonds. The van der Waals surface area contributed by atoms with Crippen molar-refractivity contribution in [2.75, 3.05) is 13.1 Å². The standard InChI is InChI=1S/C19H18ClN3O3S/c1-19(2,25-14-7-5-13(20)6-8-14)18(24)23-10-12(11-23)17-21-16(22-26-17)15-4-3-9-27-15/h3-9,12H,10-11H2,1-2H3. The number of rotatable bonds is 5. The summed E-state index contributed by atoms with van der Waals surface area (Å²) in [5.74, 6) is 1.75. The fourth-order valence-corrected chi connectivity index (χ4v) is 3.70. The Morgan fingerprint density at radius 3 is 2.70 bits per heavy atom. The van der Waals surface area contributed by atoms with Crippen LogP contribution in [-0.4, -0.2) is 39.6 Å². The Bertz CT molecular complexity index is 932. The van der Waals surface area contributed by atoms with Crippen molar-refractivity contribution in [1.29, 1.82) is 0 Å². The van der Waals surface area contributed by atoms with Gasteiger partial charge in [-0.1, -0.05) is 22.8 Å². The fourth-order valence-electron chi connectivity index (χ4n) is 2.93. The smallest absolute Gasteiger partial charge is 0.266 e. The Hall–Kier alpha value is -2.38. The molecule has 1 saturated heterocycles. The summed E-state index contributed by atoms with van der Waals surface area (Å²) >= 11 is 7.45. The summed E-state index contributed by atoms with van der Waals surface area (Å²) in [6.45, 7) is 4.61. The van der Waals surface area contributed by atoms with Crippen LogP contribution in [-0.2, 0) is 4.79 Å². The molecular weight excluding hydrogens is 386 g/mol. The monoisotopic (exact) mass is 403 g/mol. The van der Waals surface area contributed by atoms with Crippen molar-refractivity contribution in [1.82, 2.24) is 15.0 Å². The number of benzene rings is 1. The first-order valence-corrected chi connectivity index (χ1v) is 9.79. The number of carbonyl (C=O) groups excluding carboxylic acids is 1. The van der Waals surface area contributed by atoms with E-state index in [1.165, 1.54) is 0 Å². The molecule has 3 aromatic rings. The molecule has 1 aliphatic heterocycles. The average molecular weight is 404 g/mol. The van der Waals surface area contributed by atoms with Crippen LogP contribution >= 0.6 is 22.9 Å². The molecule has 0 radical (unpaired) electrons. The molecule has 0 N–H and O–H groups in total. The summed E-state index contributed by atoms with van der Waals surface area (Å²) < 4.78 is 11.2. The Kier molecular flexibility index (Phi) is 4.65. The molecule has 0 atom stereocenters. The number of nitrogens with zero attached hydrogens (tertiary/aromatic N) is 3. The number of hydrogen-bond donors (Lipinski definition) is 0. The van der Waals surface area contributed by atoms with E-state index in [9.17, 15) is 4.79 Å². The fraction of sp³-hybridized carbons (Fsp3) is 0.316. The van der Waals surface area contributed by atoms with Crippen molar-refractivity contribution in [3.8, 4) is 16.5 Å². The van der Waals surface area contributed by atoms with Crippen molar-refractivity contribution in [3.63, 3.8) is 0 Å². The zero-order valence-electron chi connectivity index (χ0n) is 14.9. The first kappa shape index (κ1) is 18.0. The third-order valence-electron chi connectivity index (χ3n) is 4.40. The molecule has 0 bridgehead atoms. The van der Waals surface area contributed by atoms with Crippen molar-refractivity contribution in [2.24, 2.45) is 0 Å². The number of carbonyl (C=O) groups is 1. The molecule has 0 unspecified atom stereocenters. The summed E-state index contributed by atoms with van der Waals surface area (Å²) in [6.07, 6.45) is 0. The number of amides is 1. The van der Waals surface area contributed by atoms with Crippen LogP contribution in [0.5, 0.6) is 5.75 Å². The van der Waals surface area contributed by atoms with Crippen LogP contribution in [0.4, 0.5) is 0 Å². The molecular formula is C19H18ClN3O3S.